The van der Waals surface area contributed by atoms with Gasteiger partial charge >= 0.3 is 0 Å². The van der Waals surface area contributed by atoms with Crippen molar-refractivity contribution in [2.45, 2.75) is 33.7 Å². The van der Waals surface area contributed by atoms with Crippen molar-refractivity contribution in [1.29, 1.82) is 0 Å². The number of guanidine groups is 1. The van der Waals surface area contributed by atoms with Gasteiger partial charge in [-0.15, -0.1) is 10.2 Å². The summed E-state index contributed by atoms with van der Waals surface area (Å²) in [7, 11) is 3.70. The minimum absolute atomic E-state index is 0.589. The van der Waals surface area contributed by atoms with Crippen LogP contribution in [0.3, 0.4) is 0 Å². The molecule has 0 aromatic carbocycles. The van der Waals surface area contributed by atoms with Gasteiger partial charge in [-0.25, -0.2) is 0 Å². The van der Waals surface area contributed by atoms with Crippen molar-refractivity contribution in [1.82, 2.24) is 25.4 Å². The molecule has 0 bridgehead atoms. The molecule has 0 radical (unpaired) electrons. The van der Waals surface area contributed by atoms with Crippen molar-refractivity contribution in [2.24, 2.45) is 18.0 Å². The molecule has 7 nitrogen and oxygen atoms in total. The van der Waals surface area contributed by atoms with E-state index in [0.717, 1.165) is 37.2 Å². The maximum atomic E-state index is 5.55. The van der Waals surface area contributed by atoms with E-state index in [4.69, 9.17) is 4.74 Å². The van der Waals surface area contributed by atoms with E-state index in [0.29, 0.717) is 19.1 Å². The van der Waals surface area contributed by atoms with Crippen LogP contribution in [-0.2, 0) is 18.3 Å². The van der Waals surface area contributed by atoms with E-state index in [9.17, 15) is 0 Å². The number of nitrogens with zero attached hydrogens (tertiary/aromatic N) is 4. The van der Waals surface area contributed by atoms with Crippen molar-refractivity contribution in [2.75, 3.05) is 26.8 Å². The zero-order valence-corrected chi connectivity index (χ0v) is 13.8. The zero-order valence-electron chi connectivity index (χ0n) is 13.8. The molecule has 0 saturated carbocycles. The van der Waals surface area contributed by atoms with Gasteiger partial charge in [-0.05, 0) is 19.3 Å². The largest absolute Gasteiger partial charge is 0.380 e. The predicted molar refractivity (Wildman–Crippen MR) is 84.2 cm³/mol. The molecule has 1 rings (SSSR count). The Kier molecular flexibility index (Phi) is 7.74. The quantitative estimate of drug-likeness (QED) is 0.422. The Hall–Kier alpha value is -1.63. The lowest BCUT2D eigenvalue weighted by molar-refractivity contribution is 0.128. The van der Waals surface area contributed by atoms with E-state index >= 15 is 0 Å². The van der Waals surface area contributed by atoms with Crippen LogP contribution in [0.5, 0.6) is 0 Å². The van der Waals surface area contributed by atoms with Gasteiger partial charge in [0.15, 0.2) is 11.8 Å². The highest BCUT2D eigenvalue weighted by Crippen LogP contribution is 1.98. The standard InChI is InChI=1S/C14H28N6O/c1-11(2)6-8-21-9-7-16-14(15-4)17-10-13-19-18-12(3)20(13)5/h11H,6-10H2,1-5H3,(H2,15,16,17). The predicted octanol–water partition coefficient (Wildman–Crippen LogP) is 0.851. The van der Waals surface area contributed by atoms with Crippen molar-refractivity contribution in [3.05, 3.63) is 11.6 Å². The van der Waals surface area contributed by atoms with Crippen LogP contribution in [-0.4, -0.2) is 47.5 Å². The van der Waals surface area contributed by atoms with Crippen LogP contribution < -0.4 is 10.6 Å². The van der Waals surface area contributed by atoms with Crippen molar-refractivity contribution < 1.29 is 4.74 Å². The highest BCUT2D eigenvalue weighted by atomic mass is 16.5. The fourth-order valence-electron chi connectivity index (χ4n) is 1.65. The number of nitrogens with one attached hydrogen (secondary N) is 2. The van der Waals surface area contributed by atoms with Crippen molar-refractivity contribution >= 4 is 5.96 Å². The van der Waals surface area contributed by atoms with Crippen molar-refractivity contribution in [3.63, 3.8) is 0 Å². The molecule has 7 heteroatoms. The number of aromatic nitrogens is 3. The first kappa shape index (κ1) is 17.4. The van der Waals surface area contributed by atoms with Gasteiger partial charge in [-0.2, -0.15) is 0 Å². The second kappa shape index (κ2) is 9.33. The molecule has 1 aromatic heterocycles. The summed E-state index contributed by atoms with van der Waals surface area (Å²) in [5.41, 5.74) is 0. The maximum Gasteiger partial charge on any atom is 0.191 e. The van der Waals surface area contributed by atoms with Crippen LogP contribution in [0.2, 0.25) is 0 Å². The highest BCUT2D eigenvalue weighted by molar-refractivity contribution is 5.79. The van der Waals surface area contributed by atoms with Crippen LogP contribution in [0.4, 0.5) is 0 Å². The fourth-order valence-corrected chi connectivity index (χ4v) is 1.65. The first-order valence-corrected chi connectivity index (χ1v) is 7.41. The minimum atomic E-state index is 0.589. The second-order valence-corrected chi connectivity index (χ2v) is 5.37. The molecule has 1 aromatic rings. The normalized spacial score (nSPS) is 12.0. The Labute approximate surface area is 127 Å². The molecule has 0 aliphatic rings. The molecule has 0 aliphatic carbocycles. The second-order valence-electron chi connectivity index (χ2n) is 5.37. The molecule has 2 N–H and O–H groups in total. The first-order chi connectivity index (χ1) is 10.0. The van der Waals surface area contributed by atoms with Crippen LogP contribution in [0.15, 0.2) is 4.99 Å². The smallest absolute Gasteiger partial charge is 0.191 e. The van der Waals surface area contributed by atoms with Crippen LogP contribution in [0.25, 0.3) is 0 Å². The van der Waals surface area contributed by atoms with Gasteiger partial charge in [0, 0.05) is 27.2 Å². The van der Waals surface area contributed by atoms with Crippen LogP contribution in [0, 0.1) is 12.8 Å². The van der Waals surface area contributed by atoms with Gasteiger partial charge in [0.2, 0.25) is 0 Å². The van der Waals surface area contributed by atoms with E-state index in [-0.39, 0.29) is 0 Å². The van der Waals surface area contributed by atoms with E-state index in [2.05, 4.69) is 39.7 Å². The molecule has 1 heterocycles. The van der Waals surface area contributed by atoms with E-state index < -0.39 is 0 Å². The summed E-state index contributed by atoms with van der Waals surface area (Å²) in [5.74, 6) is 3.20. The number of ether oxygens (including phenoxy) is 1. The number of hydrogen-bond acceptors (Lipinski definition) is 4. The molecule has 0 atom stereocenters. The average Bonchev–Trinajstić information content (AvgIpc) is 2.77. The lowest BCUT2D eigenvalue weighted by atomic mass is 10.1. The average molecular weight is 296 g/mol. The van der Waals surface area contributed by atoms with Gasteiger partial charge in [0.25, 0.3) is 0 Å². The Balaban J connectivity index is 2.19. The summed E-state index contributed by atoms with van der Waals surface area (Å²) in [6.07, 6.45) is 1.10. The molecule has 0 saturated heterocycles. The Morgan fingerprint density at radius 1 is 1.29 bits per heavy atom. The maximum absolute atomic E-state index is 5.55. The summed E-state index contributed by atoms with van der Waals surface area (Å²) in [5, 5.41) is 14.5. The van der Waals surface area contributed by atoms with E-state index in [1.807, 2.05) is 18.5 Å². The molecule has 0 aliphatic heterocycles. The SMILES string of the molecule is CN=C(NCCOCCC(C)C)NCc1nnc(C)n1C. The Morgan fingerprint density at radius 3 is 2.62 bits per heavy atom. The van der Waals surface area contributed by atoms with Gasteiger partial charge < -0.3 is 19.9 Å². The molecular weight excluding hydrogens is 268 g/mol. The van der Waals surface area contributed by atoms with E-state index in [1.54, 1.807) is 7.05 Å². The van der Waals surface area contributed by atoms with Crippen LogP contribution in [0.1, 0.15) is 31.9 Å². The minimum Gasteiger partial charge on any atom is -0.380 e. The molecular formula is C14H28N6O. The fraction of sp³-hybridized carbons (Fsp3) is 0.786. The lowest BCUT2D eigenvalue weighted by Crippen LogP contribution is -2.39. The molecule has 120 valence electrons. The third kappa shape index (κ3) is 6.57. The summed E-state index contributed by atoms with van der Waals surface area (Å²) in [6, 6.07) is 0. The summed E-state index contributed by atoms with van der Waals surface area (Å²) < 4.78 is 7.51. The van der Waals surface area contributed by atoms with Crippen LogP contribution >= 0.6 is 0 Å². The highest BCUT2D eigenvalue weighted by Gasteiger charge is 2.05. The number of aliphatic imine (C=N–C) groups is 1. The molecule has 21 heavy (non-hydrogen) atoms. The summed E-state index contributed by atoms with van der Waals surface area (Å²) >= 11 is 0. The molecule has 0 spiro atoms. The van der Waals surface area contributed by atoms with E-state index in [1.165, 1.54) is 0 Å². The number of aryl methyl sites for hydroxylation is 1. The number of hydrogen-bond donors (Lipinski definition) is 2. The van der Waals surface area contributed by atoms with Gasteiger partial charge in [-0.3, -0.25) is 4.99 Å². The lowest BCUT2D eigenvalue weighted by Gasteiger charge is -2.12. The monoisotopic (exact) mass is 296 g/mol. The zero-order chi connectivity index (χ0) is 15.7. The Bertz CT molecular complexity index is 441. The third-order valence-electron chi connectivity index (χ3n) is 3.20. The first-order valence-electron chi connectivity index (χ1n) is 7.41. The molecule has 0 unspecified atom stereocenters. The van der Waals surface area contributed by atoms with Gasteiger partial charge in [0.05, 0.1) is 13.2 Å². The van der Waals surface area contributed by atoms with Gasteiger partial charge in [-0.1, -0.05) is 13.8 Å². The van der Waals surface area contributed by atoms with Crippen molar-refractivity contribution in [3.8, 4) is 0 Å². The third-order valence-corrected chi connectivity index (χ3v) is 3.20. The van der Waals surface area contributed by atoms with Gasteiger partial charge in [0.1, 0.15) is 5.82 Å². The topological polar surface area (TPSA) is 76.4 Å². The molecule has 0 amide bonds. The summed E-state index contributed by atoms with van der Waals surface area (Å²) in [4.78, 5) is 4.17. The number of rotatable bonds is 8. The summed E-state index contributed by atoms with van der Waals surface area (Å²) in [6.45, 7) is 9.13. The molecule has 0 fully saturated rings. The Morgan fingerprint density at radius 2 is 2.05 bits per heavy atom.